The van der Waals surface area contributed by atoms with Gasteiger partial charge in [-0.15, -0.1) is 0 Å². The monoisotopic (exact) mass is 365 g/mol. The maximum absolute atomic E-state index is 6.32. The van der Waals surface area contributed by atoms with Crippen LogP contribution in [0.1, 0.15) is 0 Å². The Balaban J connectivity index is 2.29. The molecule has 3 rings (SSSR count). The fraction of sp³-hybridized carbons (Fsp3) is 0. The molecular formula is C18H15OSiZr. The summed E-state index contributed by atoms with van der Waals surface area (Å²) in [7, 11) is -2.36. The van der Waals surface area contributed by atoms with Crippen molar-refractivity contribution in [3.05, 3.63) is 91.0 Å². The number of hydrogen-bond acceptors (Lipinski definition) is 1. The molecule has 0 N–H and O–H groups in total. The molecule has 0 spiro atoms. The summed E-state index contributed by atoms with van der Waals surface area (Å²) in [5.41, 5.74) is 0. The molecule has 0 amide bonds. The third-order valence-corrected chi connectivity index (χ3v) is 9.70. The van der Waals surface area contributed by atoms with E-state index < -0.39 is 8.32 Å². The van der Waals surface area contributed by atoms with E-state index in [9.17, 15) is 0 Å². The van der Waals surface area contributed by atoms with Crippen LogP contribution in [0.4, 0.5) is 0 Å². The molecule has 0 heterocycles. The van der Waals surface area contributed by atoms with Crippen LogP contribution in [0.3, 0.4) is 0 Å². The molecule has 0 aliphatic rings. The molecule has 0 saturated carbocycles. The molecule has 0 aliphatic carbocycles. The molecule has 101 valence electrons. The summed E-state index contributed by atoms with van der Waals surface area (Å²) in [5, 5.41) is 3.87. The van der Waals surface area contributed by atoms with E-state index in [1.807, 2.05) is 0 Å². The second kappa shape index (κ2) is 6.65. The molecule has 21 heavy (non-hydrogen) atoms. The van der Waals surface area contributed by atoms with Gasteiger partial charge in [-0.2, -0.15) is 0 Å². The zero-order valence-corrected chi connectivity index (χ0v) is 15.0. The van der Waals surface area contributed by atoms with Crippen molar-refractivity contribution in [2.24, 2.45) is 0 Å². The SMILES string of the molecule is [Zr][O][Si](c1ccccc1)(c1ccccc1)c1ccccc1. The van der Waals surface area contributed by atoms with Gasteiger partial charge in [0.15, 0.2) is 0 Å². The Bertz CT molecular complexity index is 590. The minimum absolute atomic E-state index is 1.11. The molecule has 3 aromatic rings. The molecule has 0 fully saturated rings. The van der Waals surface area contributed by atoms with Crippen LogP contribution in [0.25, 0.3) is 0 Å². The van der Waals surface area contributed by atoms with Crippen LogP contribution in [0, 0.1) is 0 Å². The van der Waals surface area contributed by atoms with Crippen LogP contribution < -0.4 is 15.6 Å². The predicted octanol–water partition coefficient (Wildman–Crippen LogP) is 2.13. The van der Waals surface area contributed by atoms with Crippen LogP contribution in [-0.4, -0.2) is 8.32 Å². The van der Waals surface area contributed by atoms with Crippen LogP contribution >= 0.6 is 0 Å². The molecule has 1 nitrogen and oxygen atoms in total. The van der Waals surface area contributed by atoms with Gasteiger partial charge in [0.2, 0.25) is 0 Å². The summed E-state index contributed by atoms with van der Waals surface area (Å²) in [4.78, 5) is 0. The van der Waals surface area contributed by atoms with Crippen molar-refractivity contribution in [2.45, 2.75) is 0 Å². The Hall–Kier alpha value is -1.28. The first-order chi connectivity index (χ1) is 10.4. The topological polar surface area (TPSA) is 9.23 Å². The van der Waals surface area contributed by atoms with Gasteiger partial charge in [0.1, 0.15) is 0 Å². The molecule has 0 saturated heterocycles. The van der Waals surface area contributed by atoms with Gasteiger partial charge < -0.3 is 0 Å². The average molecular weight is 367 g/mol. The van der Waals surface area contributed by atoms with Crippen molar-refractivity contribution in [3.63, 3.8) is 0 Å². The van der Waals surface area contributed by atoms with Crippen molar-refractivity contribution in [1.29, 1.82) is 0 Å². The normalized spacial score (nSPS) is 11.2. The van der Waals surface area contributed by atoms with Gasteiger partial charge in [-0.05, 0) is 0 Å². The second-order valence-electron chi connectivity index (χ2n) is 4.88. The summed E-state index contributed by atoms with van der Waals surface area (Å²) < 4.78 is 6.32. The quantitative estimate of drug-likeness (QED) is 0.508. The second-order valence-corrected chi connectivity index (χ2v) is 9.69. The van der Waals surface area contributed by atoms with Gasteiger partial charge >= 0.3 is 143 Å². The molecule has 0 aromatic heterocycles. The van der Waals surface area contributed by atoms with E-state index in [2.05, 4.69) is 91.0 Å². The molecule has 0 unspecified atom stereocenters. The van der Waals surface area contributed by atoms with Crippen LogP contribution in [0.2, 0.25) is 0 Å². The molecule has 0 aliphatic heterocycles. The fourth-order valence-corrected chi connectivity index (χ4v) is 8.64. The van der Waals surface area contributed by atoms with E-state index >= 15 is 0 Å². The molecule has 0 radical (unpaired) electrons. The first kappa shape index (κ1) is 14.6. The summed E-state index contributed by atoms with van der Waals surface area (Å²) in [6, 6.07) is 31.9. The van der Waals surface area contributed by atoms with E-state index in [-0.39, 0.29) is 0 Å². The zero-order chi connectivity index (χ0) is 14.5. The van der Waals surface area contributed by atoms with Crippen molar-refractivity contribution in [1.82, 2.24) is 0 Å². The summed E-state index contributed by atoms with van der Waals surface area (Å²) >= 11 is 1.11. The Labute approximate surface area is 142 Å². The van der Waals surface area contributed by atoms with Crippen molar-refractivity contribution in [3.8, 4) is 0 Å². The summed E-state index contributed by atoms with van der Waals surface area (Å²) in [6.07, 6.45) is 0. The van der Waals surface area contributed by atoms with Gasteiger partial charge in [-0.25, -0.2) is 0 Å². The average Bonchev–Trinajstić information content (AvgIpc) is 2.59. The summed E-state index contributed by atoms with van der Waals surface area (Å²) in [6.45, 7) is 0. The van der Waals surface area contributed by atoms with Gasteiger partial charge in [-0.1, -0.05) is 0 Å². The fourth-order valence-electron chi connectivity index (χ4n) is 2.70. The van der Waals surface area contributed by atoms with Gasteiger partial charge in [0.25, 0.3) is 0 Å². The number of rotatable bonds is 4. The Morgan fingerprint density at radius 3 is 1.05 bits per heavy atom. The first-order valence-electron chi connectivity index (χ1n) is 6.89. The Morgan fingerprint density at radius 1 is 0.524 bits per heavy atom. The molecule has 3 aromatic carbocycles. The molecular weight excluding hydrogens is 352 g/mol. The third kappa shape index (κ3) is 2.74. The molecule has 3 heteroatoms. The molecule has 0 atom stereocenters. The minimum atomic E-state index is -2.36. The van der Waals surface area contributed by atoms with E-state index in [0.717, 1.165) is 25.2 Å². The van der Waals surface area contributed by atoms with Crippen LogP contribution in [0.15, 0.2) is 91.0 Å². The van der Waals surface area contributed by atoms with E-state index in [4.69, 9.17) is 2.50 Å². The van der Waals surface area contributed by atoms with E-state index in [1.54, 1.807) is 0 Å². The number of benzene rings is 3. The van der Waals surface area contributed by atoms with E-state index in [0.29, 0.717) is 0 Å². The van der Waals surface area contributed by atoms with Crippen molar-refractivity contribution < 1.29 is 27.7 Å². The number of hydrogen-bond donors (Lipinski definition) is 0. The van der Waals surface area contributed by atoms with Crippen LogP contribution in [0.5, 0.6) is 0 Å². The zero-order valence-electron chi connectivity index (χ0n) is 11.6. The Morgan fingerprint density at radius 2 is 0.810 bits per heavy atom. The van der Waals surface area contributed by atoms with Gasteiger partial charge in [-0.3, -0.25) is 0 Å². The standard InChI is InChI=1S/C18H15OSi.Zr/c19-20(16-10-4-1-5-11-16,17-12-6-2-7-13-17)18-14-8-3-9-15-18;/h1-15H;/q-1;+1. The van der Waals surface area contributed by atoms with E-state index in [1.165, 1.54) is 15.6 Å². The third-order valence-electron chi connectivity index (χ3n) is 3.69. The molecule has 0 bridgehead atoms. The van der Waals surface area contributed by atoms with Crippen molar-refractivity contribution in [2.75, 3.05) is 0 Å². The summed E-state index contributed by atoms with van der Waals surface area (Å²) in [5.74, 6) is 0. The first-order valence-corrected chi connectivity index (χ1v) is 9.80. The van der Waals surface area contributed by atoms with Crippen molar-refractivity contribution >= 4 is 23.9 Å². The Kier molecular flexibility index (Phi) is 4.64. The predicted molar refractivity (Wildman–Crippen MR) is 85.1 cm³/mol. The maximum atomic E-state index is 6.32. The van der Waals surface area contributed by atoms with Gasteiger partial charge in [0.05, 0.1) is 0 Å². The van der Waals surface area contributed by atoms with Gasteiger partial charge in [0, 0.05) is 0 Å². The van der Waals surface area contributed by atoms with Crippen LogP contribution in [-0.2, 0) is 27.7 Å².